The van der Waals surface area contributed by atoms with Gasteiger partial charge in [-0.15, -0.1) is 0 Å². The highest BCUT2D eigenvalue weighted by Gasteiger charge is 2.20. The maximum absolute atomic E-state index is 9.75. The van der Waals surface area contributed by atoms with E-state index >= 15 is 0 Å². The fraction of sp³-hybridized carbons (Fsp3) is 0.0714. The largest absolute Gasteiger partial charge is 0.673 e. The summed E-state index contributed by atoms with van der Waals surface area (Å²) in [6.45, 7) is 3.73. The third kappa shape index (κ3) is 7.36. The van der Waals surface area contributed by atoms with Crippen molar-refractivity contribution >= 4 is 13.3 Å². The molecule has 1 aromatic carbocycles. The van der Waals surface area contributed by atoms with Crippen LogP contribution in [0, 0.1) is 0 Å². The van der Waals surface area contributed by atoms with Gasteiger partial charge >= 0.3 is 7.25 Å². The van der Waals surface area contributed by atoms with Crippen LogP contribution in [0.15, 0.2) is 55.2 Å². The van der Waals surface area contributed by atoms with Crippen molar-refractivity contribution in [3.05, 3.63) is 72.1 Å². The van der Waals surface area contributed by atoms with Gasteiger partial charge in [-0.1, -0.05) is 43.0 Å². The minimum atomic E-state index is -6.00. The van der Waals surface area contributed by atoms with Crippen LogP contribution in [0.5, 0.6) is 0 Å². The third-order valence-electron chi connectivity index (χ3n) is 2.33. The summed E-state index contributed by atoms with van der Waals surface area (Å²) in [7, 11) is -6.00. The maximum Gasteiger partial charge on any atom is 0.673 e. The fourth-order valence-corrected chi connectivity index (χ4v) is 1.48. The van der Waals surface area contributed by atoms with Gasteiger partial charge in [0, 0.05) is 18.3 Å². The lowest BCUT2D eigenvalue weighted by atomic mass is 10.1. The van der Waals surface area contributed by atoms with Crippen LogP contribution in [0.1, 0.15) is 16.8 Å². The smallest absolute Gasteiger partial charge is 0.418 e. The van der Waals surface area contributed by atoms with E-state index in [-0.39, 0.29) is 0 Å². The average molecular weight is 282 g/mol. The number of hydrogen-bond acceptors (Lipinski definition) is 1. The SMILES string of the molecule is C=Cc1ccc(Cc2ccccn2)cc1.F[B-](F)(F)F. The molecule has 0 unspecified atom stereocenters. The summed E-state index contributed by atoms with van der Waals surface area (Å²) >= 11 is 0. The van der Waals surface area contributed by atoms with Crippen LogP contribution in [0.25, 0.3) is 6.08 Å². The molecule has 0 N–H and O–H groups in total. The van der Waals surface area contributed by atoms with Gasteiger partial charge < -0.3 is 17.3 Å². The molecule has 0 radical (unpaired) electrons. The van der Waals surface area contributed by atoms with Gasteiger partial charge in [0.15, 0.2) is 0 Å². The van der Waals surface area contributed by atoms with Crippen molar-refractivity contribution < 1.29 is 17.3 Å². The van der Waals surface area contributed by atoms with Gasteiger partial charge in [-0.3, -0.25) is 4.98 Å². The second-order valence-corrected chi connectivity index (χ2v) is 3.94. The van der Waals surface area contributed by atoms with Crippen LogP contribution < -0.4 is 0 Å². The molecule has 0 spiro atoms. The van der Waals surface area contributed by atoms with Gasteiger partial charge in [0.1, 0.15) is 0 Å². The van der Waals surface area contributed by atoms with Gasteiger partial charge in [0.05, 0.1) is 0 Å². The van der Waals surface area contributed by atoms with E-state index in [2.05, 4.69) is 35.8 Å². The van der Waals surface area contributed by atoms with Crippen molar-refractivity contribution in [2.24, 2.45) is 0 Å². The van der Waals surface area contributed by atoms with Crippen LogP contribution in [0.2, 0.25) is 0 Å². The highest BCUT2D eigenvalue weighted by Crippen LogP contribution is 2.09. The first kappa shape index (κ1) is 16.0. The van der Waals surface area contributed by atoms with E-state index in [1.54, 1.807) is 0 Å². The molecule has 0 bridgehead atoms. The predicted octanol–water partition coefficient (Wildman–Crippen LogP) is 4.62. The molecular formula is C14H13BF4N-. The van der Waals surface area contributed by atoms with E-state index in [1.807, 2.05) is 30.5 Å². The molecule has 0 aliphatic rings. The second kappa shape index (κ2) is 7.48. The Morgan fingerprint density at radius 1 is 1.00 bits per heavy atom. The van der Waals surface area contributed by atoms with Crippen LogP contribution >= 0.6 is 0 Å². The van der Waals surface area contributed by atoms with Crippen molar-refractivity contribution in [2.45, 2.75) is 6.42 Å². The topological polar surface area (TPSA) is 12.9 Å². The highest BCUT2D eigenvalue weighted by molar-refractivity contribution is 6.50. The monoisotopic (exact) mass is 282 g/mol. The Balaban J connectivity index is 0.000000347. The van der Waals surface area contributed by atoms with Crippen molar-refractivity contribution in [1.82, 2.24) is 4.98 Å². The molecule has 2 rings (SSSR count). The number of nitrogens with zero attached hydrogens (tertiary/aromatic N) is 1. The highest BCUT2D eigenvalue weighted by atomic mass is 19.5. The summed E-state index contributed by atoms with van der Waals surface area (Å²) in [5, 5.41) is 0. The molecule has 0 atom stereocenters. The zero-order valence-electron chi connectivity index (χ0n) is 10.6. The Labute approximate surface area is 115 Å². The van der Waals surface area contributed by atoms with Gasteiger partial charge in [-0.2, -0.15) is 0 Å². The molecule has 1 heterocycles. The maximum atomic E-state index is 9.75. The zero-order chi connectivity index (χ0) is 15.0. The molecule has 2 aromatic rings. The van der Waals surface area contributed by atoms with E-state index in [4.69, 9.17) is 0 Å². The van der Waals surface area contributed by atoms with Gasteiger partial charge in [0.25, 0.3) is 0 Å². The van der Waals surface area contributed by atoms with Crippen molar-refractivity contribution in [3.63, 3.8) is 0 Å². The van der Waals surface area contributed by atoms with Gasteiger partial charge in [-0.05, 0) is 23.3 Å². The number of benzene rings is 1. The third-order valence-corrected chi connectivity index (χ3v) is 2.33. The molecular weight excluding hydrogens is 269 g/mol. The lowest BCUT2D eigenvalue weighted by molar-refractivity contribution is 0.368. The Hall–Kier alpha value is -2.11. The standard InChI is InChI=1S/C14H13N.BF4/c1-2-12-6-8-13(9-7-12)11-14-5-3-4-10-15-14;2-1(3,4)5/h2-10H,1,11H2;/q;-1. The van der Waals surface area contributed by atoms with E-state index in [9.17, 15) is 17.3 Å². The molecule has 1 nitrogen and oxygen atoms in total. The molecule has 0 aliphatic carbocycles. The van der Waals surface area contributed by atoms with Gasteiger partial charge in [-0.25, -0.2) is 0 Å². The first-order chi connectivity index (χ1) is 9.38. The van der Waals surface area contributed by atoms with Crippen molar-refractivity contribution in [2.75, 3.05) is 0 Å². The number of aromatic nitrogens is 1. The number of hydrogen-bond donors (Lipinski definition) is 0. The van der Waals surface area contributed by atoms with Crippen LogP contribution in [-0.2, 0) is 6.42 Å². The quantitative estimate of drug-likeness (QED) is 0.591. The van der Waals surface area contributed by atoms with Gasteiger partial charge in [0.2, 0.25) is 0 Å². The van der Waals surface area contributed by atoms with Crippen LogP contribution in [-0.4, -0.2) is 12.2 Å². The molecule has 0 aliphatic heterocycles. The van der Waals surface area contributed by atoms with E-state index < -0.39 is 7.25 Å². The summed E-state index contributed by atoms with van der Waals surface area (Å²) in [5.74, 6) is 0. The zero-order valence-corrected chi connectivity index (χ0v) is 10.6. The first-order valence-electron chi connectivity index (χ1n) is 5.87. The van der Waals surface area contributed by atoms with E-state index in [1.165, 1.54) is 5.56 Å². The lowest BCUT2D eigenvalue weighted by Crippen LogP contribution is -2.02. The molecule has 6 heteroatoms. The fourth-order valence-electron chi connectivity index (χ4n) is 1.48. The van der Waals surface area contributed by atoms with Crippen molar-refractivity contribution in [1.29, 1.82) is 0 Å². The van der Waals surface area contributed by atoms with Crippen molar-refractivity contribution in [3.8, 4) is 0 Å². The molecule has 106 valence electrons. The summed E-state index contributed by atoms with van der Waals surface area (Å²) < 4.78 is 39.0. The summed E-state index contributed by atoms with van der Waals surface area (Å²) in [6, 6.07) is 14.4. The minimum absolute atomic E-state index is 0.887. The van der Waals surface area contributed by atoms with E-state index in [0.29, 0.717) is 0 Å². The normalized spacial score (nSPS) is 10.4. The molecule has 0 amide bonds. The van der Waals surface area contributed by atoms with E-state index in [0.717, 1.165) is 17.7 Å². The molecule has 0 saturated heterocycles. The second-order valence-electron chi connectivity index (χ2n) is 3.94. The molecule has 0 fully saturated rings. The summed E-state index contributed by atoms with van der Waals surface area (Å²) in [6.07, 6.45) is 4.57. The predicted molar refractivity (Wildman–Crippen MR) is 73.8 cm³/mol. The molecule has 1 aromatic heterocycles. The number of halogens is 4. The first-order valence-corrected chi connectivity index (χ1v) is 5.87. The Kier molecular flexibility index (Phi) is 5.96. The average Bonchev–Trinajstić information content (AvgIpc) is 2.39. The Bertz CT molecular complexity index is 517. The summed E-state index contributed by atoms with van der Waals surface area (Å²) in [5.41, 5.74) is 3.53. The Morgan fingerprint density at radius 2 is 1.60 bits per heavy atom. The lowest BCUT2D eigenvalue weighted by Gasteiger charge is -2.01. The summed E-state index contributed by atoms with van der Waals surface area (Å²) in [4.78, 5) is 4.30. The Morgan fingerprint density at radius 3 is 2.05 bits per heavy atom. The minimum Gasteiger partial charge on any atom is -0.418 e. The number of pyridine rings is 1. The molecule has 20 heavy (non-hydrogen) atoms. The number of rotatable bonds is 3. The van der Waals surface area contributed by atoms with Crippen LogP contribution in [0.4, 0.5) is 17.3 Å². The molecule has 0 saturated carbocycles. The van der Waals surface area contributed by atoms with Crippen LogP contribution in [0.3, 0.4) is 0 Å².